The Labute approximate surface area is 127 Å². The molecule has 0 aliphatic rings. The van der Waals surface area contributed by atoms with Crippen molar-refractivity contribution in [1.82, 2.24) is 4.90 Å². The summed E-state index contributed by atoms with van der Waals surface area (Å²) in [6.07, 6.45) is 2.11. The fourth-order valence-corrected chi connectivity index (χ4v) is 2.01. The van der Waals surface area contributed by atoms with Crippen molar-refractivity contribution in [2.75, 3.05) is 25.0 Å². The van der Waals surface area contributed by atoms with Crippen LogP contribution >= 0.6 is 11.6 Å². The number of amides is 2. The molecule has 0 heterocycles. The second-order valence-corrected chi connectivity index (χ2v) is 5.00. The molecule has 1 aromatic carbocycles. The lowest BCUT2D eigenvalue weighted by molar-refractivity contribution is 0.201. The summed E-state index contributed by atoms with van der Waals surface area (Å²) in [5.74, 6) is -1.73. The lowest BCUT2D eigenvalue weighted by Crippen LogP contribution is -2.37. The first kappa shape index (κ1) is 17.7. The zero-order valence-corrected chi connectivity index (χ0v) is 12.6. The van der Waals surface area contributed by atoms with Crippen LogP contribution < -0.4 is 5.32 Å². The van der Waals surface area contributed by atoms with Gasteiger partial charge in [0.25, 0.3) is 0 Å². The summed E-state index contributed by atoms with van der Waals surface area (Å²) in [4.78, 5) is 13.6. The largest absolute Gasteiger partial charge is 0.396 e. The number of hydrogen-bond acceptors (Lipinski definition) is 2. The Morgan fingerprint density at radius 3 is 2.57 bits per heavy atom. The first-order valence-electron chi connectivity index (χ1n) is 6.81. The molecule has 4 nitrogen and oxygen atoms in total. The van der Waals surface area contributed by atoms with Gasteiger partial charge in [0.05, 0.1) is 10.7 Å². The number of carbonyl (C=O) groups excluding carboxylic acids is 1. The maximum absolute atomic E-state index is 13.6. The molecule has 0 saturated carbocycles. The number of nitrogens with zero attached hydrogens (tertiary/aromatic N) is 1. The fraction of sp³-hybridized carbons (Fsp3) is 0.500. The number of benzene rings is 1. The van der Waals surface area contributed by atoms with E-state index in [1.54, 1.807) is 0 Å². The molecule has 0 unspecified atom stereocenters. The topological polar surface area (TPSA) is 52.6 Å². The van der Waals surface area contributed by atoms with Crippen molar-refractivity contribution < 1.29 is 18.7 Å². The second-order valence-electron chi connectivity index (χ2n) is 4.59. The van der Waals surface area contributed by atoms with E-state index >= 15 is 0 Å². The molecular weight excluding hydrogens is 302 g/mol. The molecule has 1 rings (SSSR count). The van der Waals surface area contributed by atoms with Crippen LogP contribution in [0.5, 0.6) is 0 Å². The molecular formula is C14H19ClF2N2O2. The van der Waals surface area contributed by atoms with Crippen LogP contribution in [0.3, 0.4) is 0 Å². The Bertz CT molecular complexity index is 455. The summed E-state index contributed by atoms with van der Waals surface area (Å²) in [5.41, 5.74) is -0.242. The van der Waals surface area contributed by atoms with Gasteiger partial charge >= 0.3 is 6.03 Å². The second kappa shape index (κ2) is 8.79. The Kier molecular flexibility index (Phi) is 7.39. The Morgan fingerprint density at radius 1 is 1.33 bits per heavy atom. The summed E-state index contributed by atoms with van der Waals surface area (Å²) in [6.45, 7) is 2.78. The number of rotatable bonds is 7. The first-order valence-corrected chi connectivity index (χ1v) is 7.18. The molecule has 0 saturated heterocycles. The summed E-state index contributed by atoms with van der Waals surface area (Å²) < 4.78 is 26.6. The zero-order chi connectivity index (χ0) is 15.8. The molecule has 7 heteroatoms. The maximum atomic E-state index is 13.6. The van der Waals surface area contributed by atoms with Gasteiger partial charge < -0.3 is 15.3 Å². The molecule has 0 bridgehead atoms. The molecule has 1 aromatic rings. The molecule has 0 radical (unpaired) electrons. The summed E-state index contributed by atoms with van der Waals surface area (Å²) in [7, 11) is 0. The van der Waals surface area contributed by atoms with Crippen LogP contribution in [0.1, 0.15) is 26.2 Å². The van der Waals surface area contributed by atoms with Gasteiger partial charge in [-0.15, -0.1) is 0 Å². The van der Waals surface area contributed by atoms with Crippen LogP contribution in [-0.2, 0) is 0 Å². The van der Waals surface area contributed by atoms with Gasteiger partial charge in [-0.1, -0.05) is 24.9 Å². The highest BCUT2D eigenvalue weighted by Crippen LogP contribution is 2.26. The maximum Gasteiger partial charge on any atom is 0.321 e. The van der Waals surface area contributed by atoms with Crippen molar-refractivity contribution in [2.45, 2.75) is 26.2 Å². The molecule has 0 aromatic heterocycles. The third kappa shape index (κ3) is 5.47. The number of nitrogens with one attached hydrogen (secondary N) is 1. The smallest absolute Gasteiger partial charge is 0.321 e. The summed E-state index contributed by atoms with van der Waals surface area (Å²) >= 11 is 5.74. The molecule has 0 atom stereocenters. The number of halogens is 3. The van der Waals surface area contributed by atoms with Gasteiger partial charge in [0.15, 0.2) is 5.82 Å². The third-order valence-corrected chi connectivity index (χ3v) is 3.19. The van der Waals surface area contributed by atoms with Gasteiger partial charge in [0, 0.05) is 25.8 Å². The van der Waals surface area contributed by atoms with Crippen molar-refractivity contribution >= 4 is 23.3 Å². The van der Waals surface area contributed by atoms with E-state index in [4.69, 9.17) is 16.7 Å². The van der Waals surface area contributed by atoms with Gasteiger partial charge in [-0.25, -0.2) is 13.6 Å². The van der Waals surface area contributed by atoms with E-state index in [0.29, 0.717) is 25.6 Å². The van der Waals surface area contributed by atoms with Crippen molar-refractivity contribution in [3.63, 3.8) is 0 Å². The molecule has 21 heavy (non-hydrogen) atoms. The van der Waals surface area contributed by atoms with E-state index in [1.165, 1.54) is 4.90 Å². The number of anilines is 1. The quantitative estimate of drug-likeness (QED) is 0.806. The molecule has 2 amide bonds. The van der Waals surface area contributed by atoms with Crippen molar-refractivity contribution in [2.24, 2.45) is 0 Å². The number of aliphatic hydroxyl groups excluding tert-OH is 1. The normalized spacial score (nSPS) is 10.5. The minimum absolute atomic E-state index is 0.0401. The highest BCUT2D eigenvalue weighted by molar-refractivity contribution is 6.33. The van der Waals surface area contributed by atoms with Crippen LogP contribution in [0.15, 0.2) is 12.1 Å². The van der Waals surface area contributed by atoms with Gasteiger partial charge in [-0.2, -0.15) is 0 Å². The van der Waals surface area contributed by atoms with Crippen molar-refractivity contribution in [1.29, 1.82) is 0 Å². The van der Waals surface area contributed by atoms with E-state index in [2.05, 4.69) is 5.32 Å². The van der Waals surface area contributed by atoms with Gasteiger partial charge in [0.2, 0.25) is 0 Å². The highest BCUT2D eigenvalue weighted by atomic mass is 35.5. The monoisotopic (exact) mass is 320 g/mol. The Hall–Kier alpha value is -1.40. The summed E-state index contributed by atoms with van der Waals surface area (Å²) in [5, 5.41) is 11.0. The highest BCUT2D eigenvalue weighted by Gasteiger charge is 2.17. The van der Waals surface area contributed by atoms with Crippen LogP contribution in [0.4, 0.5) is 19.3 Å². The molecule has 0 aliphatic heterocycles. The predicted molar refractivity (Wildman–Crippen MR) is 78.6 cm³/mol. The number of aliphatic hydroxyl groups is 1. The number of hydrogen-bond donors (Lipinski definition) is 2. The van der Waals surface area contributed by atoms with E-state index < -0.39 is 17.7 Å². The standard InChI is InChI=1S/C14H19ClF2N2O2/c1-2-3-5-19(6-4-7-20)14(21)18-13-11(15)8-10(16)9-12(13)17/h8-9,20H,2-7H2,1H3,(H,18,21). The SMILES string of the molecule is CCCCN(CCCO)C(=O)Nc1c(F)cc(F)cc1Cl. The summed E-state index contributed by atoms with van der Waals surface area (Å²) in [6, 6.07) is 1.07. The zero-order valence-electron chi connectivity index (χ0n) is 11.8. The van der Waals surface area contributed by atoms with Gasteiger partial charge in [-0.05, 0) is 18.9 Å². The first-order chi connectivity index (χ1) is 9.99. The van der Waals surface area contributed by atoms with E-state index in [9.17, 15) is 13.6 Å². The minimum atomic E-state index is -0.925. The van der Waals surface area contributed by atoms with Gasteiger partial charge in [-0.3, -0.25) is 0 Å². The van der Waals surface area contributed by atoms with Crippen LogP contribution in [0, 0.1) is 11.6 Å². The molecule has 0 aliphatic carbocycles. The molecule has 0 spiro atoms. The van der Waals surface area contributed by atoms with Crippen molar-refractivity contribution in [3.8, 4) is 0 Å². The van der Waals surface area contributed by atoms with E-state index in [0.717, 1.165) is 18.9 Å². The minimum Gasteiger partial charge on any atom is -0.396 e. The van der Waals surface area contributed by atoms with Crippen LogP contribution in [0.2, 0.25) is 5.02 Å². The van der Waals surface area contributed by atoms with Crippen LogP contribution in [-0.4, -0.2) is 35.7 Å². The molecule has 118 valence electrons. The molecule has 0 fully saturated rings. The Balaban J connectivity index is 2.80. The third-order valence-electron chi connectivity index (χ3n) is 2.89. The lowest BCUT2D eigenvalue weighted by Gasteiger charge is -2.23. The fourth-order valence-electron chi connectivity index (χ4n) is 1.77. The predicted octanol–water partition coefficient (Wildman–Crippen LogP) is 3.63. The Morgan fingerprint density at radius 2 is 2.00 bits per heavy atom. The average Bonchev–Trinajstić information content (AvgIpc) is 2.42. The molecule has 2 N–H and O–H groups in total. The van der Waals surface area contributed by atoms with E-state index in [-0.39, 0.29) is 17.3 Å². The average molecular weight is 321 g/mol. The lowest BCUT2D eigenvalue weighted by atomic mass is 10.3. The van der Waals surface area contributed by atoms with Gasteiger partial charge in [0.1, 0.15) is 5.82 Å². The van der Waals surface area contributed by atoms with Crippen molar-refractivity contribution in [3.05, 3.63) is 28.8 Å². The number of unbranched alkanes of at least 4 members (excludes halogenated alkanes) is 1. The number of carbonyl (C=O) groups is 1. The number of urea groups is 1. The van der Waals surface area contributed by atoms with Crippen LogP contribution in [0.25, 0.3) is 0 Å². The van der Waals surface area contributed by atoms with E-state index in [1.807, 2.05) is 6.92 Å².